The third-order valence-electron chi connectivity index (χ3n) is 6.38. The van der Waals surface area contributed by atoms with Crippen molar-refractivity contribution >= 4 is 17.5 Å². The summed E-state index contributed by atoms with van der Waals surface area (Å²) < 4.78 is 10.3. The van der Waals surface area contributed by atoms with Crippen LogP contribution in [0.3, 0.4) is 0 Å². The zero-order valence-electron chi connectivity index (χ0n) is 18.3. The van der Waals surface area contributed by atoms with Gasteiger partial charge in [0.1, 0.15) is 11.5 Å². The first-order valence-corrected chi connectivity index (χ1v) is 10.5. The van der Waals surface area contributed by atoms with Crippen molar-refractivity contribution in [1.29, 1.82) is 0 Å². The van der Waals surface area contributed by atoms with Crippen molar-refractivity contribution in [2.45, 2.75) is 38.5 Å². The predicted molar refractivity (Wildman–Crippen MR) is 120 cm³/mol. The molecule has 4 rings (SSSR count). The number of carbonyl (C=O) groups is 2. The number of nitrogens with zero attached hydrogens (tertiary/aromatic N) is 1. The number of fused-ring (bicyclic) bond motifs is 1. The Kier molecular flexibility index (Phi) is 5.77. The summed E-state index contributed by atoms with van der Waals surface area (Å²) in [6.07, 6.45) is 1.11. The average Bonchev–Trinajstić information content (AvgIpc) is 2.78. The van der Waals surface area contributed by atoms with Gasteiger partial charge in [-0.3, -0.25) is 9.79 Å². The van der Waals surface area contributed by atoms with E-state index in [0.29, 0.717) is 24.1 Å². The Labute approximate surface area is 182 Å². The molecule has 3 atom stereocenters. The number of esters is 1. The molecule has 1 aliphatic heterocycles. The fraction of sp³-hybridized carbons (Fsp3) is 0.346. The van der Waals surface area contributed by atoms with Crippen LogP contribution in [0.15, 0.2) is 64.8 Å². The minimum absolute atomic E-state index is 0.0690. The van der Waals surface area contributed by atoms with E-state index in [1.807, 2.05) is 62.4 Å². The maximum absolute atomic E-state index is 13.5. The number of rotatable bonds is 4. The molecular weight excluding hydrogens is 390 g/mol. The molecule has 0 spiro atoms. The third kappa shape index (κ3) is 3.92. The predicted octanol–water partition coefficient (Wildman–Crippen LogP) is 4.75. The van der Waals surface area contributed by atoms with Crippen LogP contribution in [0.1, 0.15) is 48.3 Å². The van der Waals surface area contributed by atoms with E-state index in [-0.39, 0.29) is 17.6 Å². The van der Waals surface area contributed by atoms with E-state index in [2.05, 4.69) is 0 Å². The number of carbonyl (C=O) groups excluding carboxylic acids is 2. The summed E-state index contributed by atoms with van der Waals surface area (Å²) in [7, 11) is 3.01. The number of benzene rings is 2. The zero-order valence-corrected chi connectivity index (χ0v) is 18.3. The van der Waals surface area contributed by atoms with Gasteiger partial charge >= 0.3 is 5.97 Å². The molecule has 0 bridgehead atoms. The van der Waals surface area contributed by atoms with Crippen molar-refractivity contribution in [2.24, 2.45) is 10.9 Å². The van der Waals surface area contributed by atoms with Crippen LogP contribution in [0.2, 0.25) is 0 Å². The average molecular weight is 418 g/mol. The Morgan fingerprint density at radius 2 is 1.55 bits per heavy atom. The number of Topliss-reactive ketones (excluding diaryl/α,β-unsaturated/α-hetero) is 1. The number of allylic oxidation sites excluding steroid dienone is 1. The van der Waals surface area contributed by atoms with Gasteiger partial charge in [-0.25, -0.2) is 4.79 Å². The topological polar surface area (TPSA) is 65.0 Å². The molecule has 1 unspecified atom stereocenters. The quantitative estimate of drug-likeness (QED) is 0.674. The van der Waals surface area contributed by atoms with Gasteiger partial charge < -0.3 is 9.47 Å². The second-order valence-corrected chi connectivity index (χ2v) is 8.30. The van der Waals surface area contributed by atoms with Crippen molar-refractivity contribution in [3.05, 3.63) is 76.5 Å². The van der Waals surface area contributed by atoms with Crippen molar-refractivity contribution in [2.75, 3.05) is 14.2 Å². The van der Waals surface area contributed by atoms with Crippen LogP contribution in [0.5, 0.6) is 5.75 Å². The maximum Gasteiger partial charge on any atom is 0.336 e. The number of hydrogen-bond acceptors (Lipinski definition) is 5. The lowest BCUT2D eigenvalue weighted by molar-refractivity contribution is -0.136. The molecule has 0 aromatic heterocycles. The fourth-order valence-corrected chi connectivity index (χ4v) is 4.80. The Balaban J connectivity index is 1.75. The summed E-state index contributed by atoms with van der Waals surface area (Å²) in [5.74, 6) is -0.250. The highest BCUT2D eigenvalue weighted by Crippen LogP contribution is 2.46. The van der Waals surface area contributed by atoms with Gasteiger partial charge in [-0.2, -0.15) is 0 Å². The molecule has 5 nitrogen and oxygen atoms in total. The van der Waals surface area contributed by atoms with Crippen LogP contribution in [0.25, 0.3) is 0 Å². The van der Waals surface area contributed by atoms with E-state index in [1.165, 1.54) is 7.11 Å². The molecule has 2 aliphatic rings. The van der Waals surface area contributed by atoms with Crippen LogP contribution in [0, 0.1) is 12.8 Å². The van der Waals surface area contributed by atoms with E-state index in [4.69, 9.17) is 14.5 Å². The molecule has 5 heteroatoms. The highest BCUT2D eigenvalue weighted by molar-refractivity contribution is 6.12. The fourth-order valence-electron chi connectivity index (χ4n) is 4.80. The van der Waals surface area contributed by atoms with Crippen molar-refractivity contribution in [3.63, 3.8) is 0 Å². The SMILES string of the molecule is COC(=O)C1=C(C)N=C2C[C@@H](c3ccc(OC)cc3)CC(=O)C2[C@H]1c1ccc(C)cc1. The summed E-state index contributed by atoms with van der Waals surface area (Å²) in [6, 6.07) is 15.9. The van der Waals surface area contributed by atoms with Crippen LogP contribution in [-0.4, -0.2) is 31.7 Å². The second kappa shape index (κ2) is 8.50. The number of methoxy groups -OCH3 is 2. The van der Waals surface area contributed by atoms with Crippen LogP contribution in [0.4, 0.5) is 0 Å². The van der Waals surface area contributed by atoms with E-state index >= 15 is 0 Å². The van der Waals surface area contributed by atoms with E-state index in [9.17, 15) is 9.59 Å². The summed E-state index contributed by atoms with van der Waals surface area (Å²) in [6.45, 7) is 3.85. The number of ketones is 1. The molecule has 0 amide bonds. The highest BCUT2D eigenvalue weighted by Gasteiger charge is 2.45. The minimum atomic E-state index is -0.435. The summed E-state index contributed by atoms with van der Waals surface area (Å²) >= 11 is 0. The van der Waals surface area contributed by atoms with E-state index in [1.54, 1.807) is 7.11 Å². The molecule has 1 aliphatic carbocycles. The molecule has 0 N–H and O–H groups in total. The third-order valence-corrected chi connectivity index (χ3v) is 6.38. The van der Waals surface area contributed by atoms with E-state index < -0.39 is 11.9 Å². The van der Waals surface area contributed by atoms with Gasteiger partial charge in [0.05, 0.1) is 25.7 Å². The van der Waals surface area contributed by atoms with Gasteiger partial charge in [0.25, 0.3) is 0 Å². The maximum atomic E-state index is 13.5. The molecule has 0 radical (unpaired) electrons. The second-order valence-electron chi connectivity index (χ2n) is 8.30. The molecule has 0 saturated heterocycles. The van der Waals surface area contributed by atoms with Crippen LogP contribution < -0.4 is 4.74 Å². The van der Waals surface area contributed by atoms with Crippen LogP contribution >= 0.6 is 0 Å². The Morgan fingerprint density at radius 1 is 0.903 bits per heavy atom. The van der Waals surface area contributed by atoms with Crippen molar-refractivity contribution < 1.29 is 19.1 Å². The Bertz CT molecular complexity index is 1060. The Hall–Kier alpha value is -3.21. The van der Waals surface area contributed by atoms with E-state index in [0.717, 1.165) is 28.2 Å². The van der Waals surface area contributed by atoms with Crippen molar-refractivity contribution in [1.82, 2.24) is 0 Å². The number of ether oxygens (including phenoxy) is 2. The smallest absolute Gasteiger partial charge is 0.336 e. The molecular formula is C26H27NO4. The summed E-state index contributed by atoms with van der Waals surface area (Å²) in [5.41, 5.74) is 5.14. The molecule has 1 saturated carbocycles. The summed E-state index contributed by atoms with van der Waals surface area (Å²) in [4.78, 5) is 30.9. The monoisotopic (exact) mass is 417 g/mol. The van der Waals surface area contributed by atoms with Gasteiger partial charge in [-0.05, 0) is 49.4 Å². The first kappa shape index (κ1) is 21.0. The summed E-state index contributed by atoms with van der Waals surface area (Å²) in [5, 5.41) is 0. The Morgan fingerprint density at radius 3 is 2.16 bits per heavy atom. The molecule has 1 fully saturated rings. The van der Waals surface area contributed by atoms with Gasteiger partial charge in [0.2, 0.25) is 0 Å². The largest absolute Gasteiger partial charge is 0.497 e. The van der Waals surface area contributed by atoms with Gasteiger partial charge in [-0.15, -0.1) is 0 Å². The lowest BCUT2D eigenvalue weighted by Crippen LogP contribution is -2.41. The molecule has 160 valence electrons. The highest BCUT2D eigenvalue weighted by atomic mass is 16.5. The zero-order chi connectivity index (χ0) is 22.1. The van der Waals surface area contributed by atoms with Gasteiger partial charge in [0, 0.05) is 23.7 Å². The molecule has 2 aromatic rings. The first-order chi connectivity index (χ1) is 14.9. The number of aliphatic imine (C=N–C) groups is 1. The molecule has 2 aromatic carbocycles. The number of aryl methyl sites for hydroxylation is 1. The van der Waals surface area contributed by atoms with Crippen LogP contribution in [-0.2, 0) is 14.3 Å². The molecule has 1 heterocycles. The lowest BCUT2D eigenvalue weighted by atomic mass is 9.66. The lowest BCUT2D eigenvalue weighted by Gasteiger charge is -2.38. The van der Waals surface area contributed by atoms with Gasteiger partial charge in [-0.1, -0.05) is 42.0 Å². The minimum Gasteiger partial charge on any atom is -0.497 e. The molecule has 31 heavy (non-hydrogen) atoms. The number of hydrogen-bond donors (Lipinski definition) is 0. The first-order valence-electron chi connectivity index (χ1n) is 10.5. The normalized spacial score (nSPS) is 23.2. The van der Waals surface area contributed by atoms with Crippen molar-refractivity contribution in [3.8, 4) is 5.75 Å². The standard InChI is InChI=1S/C26H27NO4/c1-15-5-7-18(8-6-15)24-23(26(29)31-4)16(2)27-21-13-19(14-22(28)25(21)24)17-9-11-20(30-3)12-10-17/h5-12,19,24-25H,13-14H2,1-4H3/t19-,24+,25?/m1/s1. The van der Waals surface area contributed by atoms with Gasteiger partial charge in [0.15, 0.2) is 0 Å².